The number of sulfonamides is 1. The van der Waals surface area contributed by atoms with Gasteiger partial charge in [0.25, 0.3) is 5.91 Å². The van der Waals surface area contributed by atoms with Crippen LogP contribution in [0.25, 0.3) is 10.9 Å². The molecule has 1 unspecified atom stereocenters. The molecule has 0 saturated carbocycles. The highest BCUT2D eigenvalue weighted by Crippen LogP contribution is 2.17. The third-order valence-corrected chi connectivity index (χ3v) is 6.71. The molecule has 0 bridgehead atoms. The zero-order chi connectivity index (χ0) is 22.7. The molecule has 0 radical (unpaired) electrons. The third kappa shape index (κ3) is 4.58. The number of hydrogen-bond acceptors (Lipinski definition) is 6. The minimum Gasteiger partial charge on any atom is -0.467 e. The second-order valence-corrected chi connectivity index (χ2v) is 9.18. The molecule has 11 heteroatoms. The summed E-state index contributed by atoms with van der Waals surface area (Å²) in [5.74, 6) is -0.469. The first-order valence-corrected chi connectivity index (χ1v) is 11.6. The zero-order valence-electron chi connectivity index (χ0n) is 17.0. The highest BCUT2D eigenvalue weighted by Gasteiger charge is 2.27. The summed E-state index contributed by atoms with van der Waals surface area (Å²) in [6.45, 7) is 0.609. The van der Waals surface area contributed by atoms with E-state index in [0.717, 1.165) is 6.42 Å². The fourth-order valence-corrected chi connectivity index (χ4v) is 4.77. The molecule has 1 aliphatic rings. The van der Waals surface area contributed by atoms with E-state index in [1.807, 2.05) is 0 Å². The van der Waals surface area contributed by atoms with Gasteiger partial charge in [0.1, 0.15) is 17.4 Å². The van der Waals surface area contributed by atoms with Gasteiger partial charge in [-0.15, -0.1) is 0 Å². The van der Waals surface area contributed by atoms with Crippen LogP contribution in [0, 0.1) is 0 Å². The Balaban J connectivity index is 1.61. The highest BCUT2D eigenvalue weighted by atomic mass is 32.2. The molecular weight excluding hydrogens is 436 g/mol. The molecule has 10 nitrogen and oxygen atoms in total. The van der Waals surface area contributed by atoms with Crippen molar-refractivity contribution in [2.45, 2.75) is 36.7 Å². The van der Waals surface area contributed by atoms with Crippen molar-refractivity contribution in [2.24, 2.45) is 0 Å². The number of hydrogen-bond donors (Lipinski definition) is 4. The van der Waals surface area contributed by atoms with Gasteiger partial charge in [-0.2, -0.15) is 4.72 Å². The van der Waals surface area contributed by atoms with Gasteiger partial charge in [-0.3, -0.25) is 14.4 Å². The van der Waals surface area contributed by atoms with Gasteiger partial charge in [0.05, 0.1) is 17.7 Å². The van der Waals surface area contributed by atoms with Gasteiger partial charge in [-0.05, 0) is 49.6 Å². The van der Waals surface area contributed by atoms with Crippen molar-refractivity contribution in [1.29, 1.82) is 0 Å². The van der Waals surface area contributed by atoms with E-state index in [1.54, 1.807) is 12.1 Å². The van der Waals surface area contributed by atoms with Gasteiger partial charge in [-0.1, -0.05) is 0 Å². The first-order valence-electron chi connectivity index (χ1n) is 10.1. The maximum absolute atomic E-state index is 12.9. The monoisotopic (exact) mass is 458 g/mol. The van der Waals surface area contributed by atoms with E-state index in [1.165, 1.54) is 30.7 Å². The first-order chi connectivity index (χ1) is 15.3. The molecular formula is C21H22N4O6S. The normalized spacial score (nSPS) is 17.0. The lowest BCUT2D eigenvalue weighted by atomic mass is 10.1. The Bertz CT molecular complexity index is 1310. The molecule has 4 rings (SSSR count). The molecule has 2 aromatic heterocycles. The Labute approximate surface area is 183 Å². The molecule has 3 aromatic rings. The number of aromatic amines is 1. The van der Waals surface area contributed by atoms with Crippen LogP contribution in [-0.2, 0) is 21.4 Å². The Morgan fingerprint density at radius 3 is 2.81 bits per heavy atom. The van der Waals surface area contributed by atoms with Crippen LogP contribution in [0.1, 0.15) is 35.4 Å². The van der Waals surface area contributed by atoms with E-state index in [4.69, 9.17) is 4.42 Å². The van der Waals surface area contributed by atoms with E-state index < -0.39 is 27.4 Å². The molecule has 32 heavy (non-hydrogen) atoms. The van der Waals surface area contributed by atoms with Crippen LogP contribution < -0.4 is 20.8 Å². The summed E-state index contributed by atoms with van der Waals surface area (Å²) in [6.07, 6.45) is 4.63. The largest absolute Gasteiger partial charge is 0.467 e. The Morgan fingerprint density at radius 2 is 2.03 bits per heavy atom. The number of benzene rings is 1. The lowest BCUT2D eigenvalue weighted by Crippen LogP contribution is -2.45. The van der Waals surface area contributed by atoms with Crippen LogP contribution in [0.2, 0.25) is 0 Å². The standard InChI is InChI=1S/C21H22N4O6S/c26-19-15-10-14(32(29,30)25-18-5-1-2-8-22-21(18)28)6-7-17(15)23-12-16(19)20(27)24-11-13-4-3-9-31-13/h3-4,6-7,9-10,12,18,25H,1-2,5,8,11H2,(H,22,28)(H,23,26)(H,24,27). The van der Waals surface area contributed by atoms with Crippen LogP contribution in [-0.4, -0.2) is 37.8 Å². The molecule has 1 fully saturated rings. The molecule has 1 atom stereocenters. The van der Waals surface area contributed by atoms with Gasteiger partial charge >= 0.3 is 0 Å². The summed E-state index contributed by atoms with van der Waals surface area (Å²) in [5.41, 5.74) is -0.390. The van der Waals surface area contributed by atoms with Crippen molar-refractivity contribution < 1.29 is 22.4 Å². The van der Waals surface area contributed by atoms with Gasteiger partial charge < -0.3 is 20.0 Å². The second-order valence-electron chi connectivity index (χ2n) is 7.46. The van der Waals surface area contributed by atoms with E-state index in [-0.39, 0.29) is 28.3 Å². The number of nitrogens with one attached hydrogen (secondary N) is 4. The maximum Gasteiger partial charge on any atom is 0.257 e. The van der Waals surface area contributed by atoms with Gasteiger partial charge in [0.15, 0.2) is 0 Å². The van der Waals surface area contributed by atoms with Crippen molar-refractivity contribution in [3.05, 3.63) is 64.3 Å². The van der Waals surface area contributed by atoms with Crippen LogP contribution in [0.5, 0.6) is 0 Å². The highest BCUT2D eigenvalue weighted by molar-refractivity contribution is 7.89. The lowest BCUT2D eigenvalue weighted by Gasteiger charge is -2.15. The minimum atomic E-state index is -4.07. The number of carbonyl (C=O) groups is 2. The summed E-state index contributed by atoms with van der Waals surface area (Å²) in [7, 11) is -4.07. The predicted molar refractivity (Wildman–Crippen MR) is 115 cm³/mol. The van der Waals surface area contributed by atoms with Gasteiger partial charge in [0, 0.05) is 23.6 Å². The number of carbonyl (C=O) groups excluding carboxylic acids is 2. The first kappa shape index (κ1) is 21.8. The average Bonchev–Trinajstić information content (AvgIpc) is 3.22. The molecule has 3 heterocycles. The van der Waals surface area contributed by atoms with Gasteiger partial charge in [0.2, 0.25) is 21.4 Å². The number of aromatic nitrogens is 1. The lowest BCUT2D eigenvalue weighted by molar-refractivity contribution is -0.122. The summed E-state index contributed by atoms with van der Waals surface area (Å²) in [6, 6.07) is 6.47. The number of rotatable bonds is 6. The fraction of sp³-hybridized carbons (Fsp3) is 0.286. The SMILES string of the molecule is O=C(NCc1ccco1)c1c[nH]c2ccc(S(=O)(=O)NC3CCCCNC3=O)cc2c1=O. The molecule has 1 aromatic carbocycles. The molecule has 1 saturated heterocycles. The molecule has 0 aliphatic carbocycles. The van der Waals surface area contributed by atoms with Crippen LogP contribution in [0.15, 0.2) is 56.9 Å². The Morgan fingerprint density at radius 1 is 1.19 bits per heavy atom. The van der Waals surface area contributed by atoms with Gasteiger partial charge in [-0.25, -0.2) is 8.42 Å². The summed E-state index contributed by atoms with van der Waals surface area (Å²) >= 11 is 0. The third-order valence-electron chi connectivity index (χ3n) is 5.24. The van der Waals surface area contributed by atoms with E-state index in [2.05, 4.69) is 20.3 Å². The zero-order valence-corrected chi connectivity index (χ0v) is 17.8. The second kappa shape index (κ2) is 8.97. The van der Waals surface area contributed by atoms with E-state index in [9.17, 15) is 22.8 Å². The maximum atomic E-state index is 12.9. The predicted octanol–water partition coefficient (Wildman–Crippen LogP) is 0.998. The number of pyridine rings is 1. The number of H-pyrrole nitrogens is 1. The molecule has 2 amide bonds. The smallest absolute Gasteiger partial charge is 0.257 e. The average molecular weight is 458 g/mol. The molecule has 4 N–H and O–H groups in total. The Kier molecular flexibility index (Phi) is 6.10. The minimum absolute atomic E-state index is 0.0452. The van der Waals surface area contributed by atoms with E-state index >= 15 is 0 Å². The van der Waals surface area contributed by atoms with Crippen molar-refractivity contribution in [2.75, 3.05) is 6.54 Å². The van der Waals surface area contributed by atoms with Crippen molar-refractivity contribution in [1.82, 2.24) is 20.3 Å². The number of furan rings is 1. The van der Waals surface area contributed by atoms with Crippen LogP contribution >= 0.6 is 0 Å². The van der Waals surface area contributed by atoms with Crippen molar-refractivity contribution in [3.63, 3.8) is 0 Å². The van der Waals surface area contributed by atoms with Crippen LogP contribution in [0.4, 0.5) is 0 Å². The molecule has 168 valence electrons. The van der Waals surface area contributed by atoms with Crippen LogP contribution in [0.3, 0.4) is 0 Å². The topological polar surface area (TPSA) is 150 Å². The molecule has 0 spiro atoms. The quantitative estimate of drug-likeness (QED) is 0.433. The fourth-order valence-electron chi connectivity index (χ4n) is 3.52. The number of fused-ring (bicyclic) bond motifs is 1. The Hall–Kier alpha value is -3.44. The summed E-state index contributed by atoms with van der Waals surface area (Å²) in [5, 5.41) is 5.31. The van der Waals surface area contributed by atoms with Crippen molar-refractivity contribution >= 4 is 32.7 Å². The van der Waals surface area contributed by atoms with E-state index in [0.29, 0.717) is 30.7 Å². The number of amides is 2. The summed E-state index contributed by atoms with van der Waals surface area (Å²) in [4.78, 5) is 40.2. The molecule has 1 aliphatic heterocycles. The van der Waals surface area contributed by atoms with Crippen molar-refractivity contribution in [3.8, 4) is 0 Å². The summed E-state index contributed by atoms with van der Waals surface area (Å²) < 4.78 is 33.3.